The van der Waals surface area contributed by atoms with E-state index in [1.54, 1.807) is 12.1 Å². The van der Waals surface area contributed by atoms with Gasteiger partial charge in [0.25, 0.3) is 5.56 Å². The lowest BCUT2D eigenvalue weighted by atomic mass is 9.95. The van der Waals surface area contributed by atoms with Crippen LogP contribution in [0.2, 0.25) is 15.1 Å². The molecular weight excluding hydrogens is 548 g/mol. The van der Waals surface area contributed by atoms with Gasteiger partial charge in [0.15, 0.2) is 10.5 Å². The number of ether oxygens (including phenoxy) is 1. The normalized spacial score (nSPS) is 16.2. The van der Waals surface area contributed by atoms with Crippen molar-refractivity contribution in [2.24, 2.45) is 4.99 Å². The maximum Gasteiger partial charge on any atom is 0.434 e. The Morgan fingerprint density at radius 1 is 1.14 bits per heavy atom. The van der Waals surface area contributed by atoms with Crippen LogP contribution >= 0.6 is 46.1 Å². The summed E-state index contributed by atoms with van der Waals surface area (Å²) in [4.78, 5) is 29.7. The van der Waals surface area contributed by atoms with Crippen LogP contribution in [0.5, 0.6) is 0 Å². The Hall–Kier alpha value is -2.59. The first kappa shape index (κ1) is 25.5. The third-order valence-electron chi connectivity index (χ3n) is 5.03. The standard InChI is InChI=1S/C23H14Cl3F3N2O3S/c1-2-34-21(33)17-18(11-3-6-13(24)7-4-11)31-20(32)16(9-12-5-8-14(25)10-15(12)26)35-22(31)30-19(17)23(27,28)29/h3-10,18H,2H2,1H3/b16-9-/t18-/m1/s1. The average Bonchev–Trinajstić information content (AvgIpc) is 3.10. The molecule has 1 atom stereocenters. The third kappa shape index (κ3) is 5.04. The molecule has 12 heteroatoms. The lowest BCUT2D eigenvalue weighted by Gasteiger charge is -2.26. The number of aromatic nitrogens is 1. The quantitative estimate of drug-likeness (QED) is 0.406. The van der Waals surface area contributed by atoms with Gasteiger partial charge in [0.1, 0.15) is 0 Å². The smallest absolute Gasteiger partial charge is 0.434 e. The van der Waals surface area contributed by atoms with E-state index in [-0.39, 0.29) is 26.5 Å². The Kier molecular flexibility index (Phi) is 7.15. The number of carbonyl (C=O) groups is 1. The van der Waals surface area contributed by atoms with Gasteiger partial charge in [0.2, 0.25) is 0 Å². The molecular formula is C23H14Cl3F3N2O3S. The maximum absolute atomic E-state index is 14.1. The molecule has 4 rings (SSSR count). The van der Waals surface area contributed by atoms with E-state index in [0.717, 1.165) is 15.9 Å². The van der Waals surface area contributed by atoms with Crippen LogP contribution in [0.25, 0.3) is 6.08 Å². The van der Waals surface area contributed by atoms with Crippen LogP contribution in [0.4, 0.5) is 13.2 Å². The van der Waals surface area contributed by atoms with Gasteiger partial charge in [-0.3, -0.25) is 9.36 Å². The fourth-order valence-corrected chi connectivity index (χ4v) is 5.14. The molecule has 182 valence electrons. The number of rotatable bonds is 4. The van der Waals surface area contributed by atoms with Crippen LogP contribution in [0, 0.1) is 0 Å². The van der Waals surface area contributed by atoms with E-state index in [2.05, 4.69) is 4.99 Å². The number of thiazole rings is 1. The molecule has 0 amide bonds. The molecule has 0 fully saturated rings. The Morgan fingerprint density at radius 2 is 1.80 bits per heavy atom. The molecule has 0 bridgehead atoms. The van der Waals surface area contributed by atoms with Crippen molar-refractivity contribution in [3.05, 3.63) is 99.6 Å². The minimum atomic E-state index is -4.98. The van der Waals surface area contributed by atoms with Gasteiger partial charge in [-0.05, 0) is 48.4 Å². The molecule has 35 heavy (non-hydrogen) atoms. The van der Waals surface area contributed by atoms with Crippen molar-refractivity contribution >= 4 is 58.2 Å². The van der Waals surface area contributed by atoms with E-state index in [1.165, 1.54) is 43.3 Å². The number of halogens is 6. The third-order valence-corrected chi connectivity index (χ3v) is 6.83. The number of alkyl halides is 3. The molecule has 0 saturated heterocycles. The molecule has 0 spiro atoms. The molecule has 5 nitrogen and oxygen atoms in total. The molecule has 0 unspecified atom stereocenters. The summed E-state index contributed by atoms with van der Waals surface area (Å²) in [6.45, 7) is 1.30. The Morgan fingerprint density at radius 3 is 2.40 bits per heavy atom. The monoisotopic (exact) mass is 560 g/mol. The molecule has 0 radical (unpaired) electrons. The first-order valence-electron chi connectivity index (χ1n) is 10.0. The molecule has 2 aromatic carbocycles. The van der Waals surface area contributed by atoms with Crippen LogP contribution in [0.15, 0.2) is 63.5 Å². The average molecular weight is 562 g/mol. The Bertz CT molecular complexity index is 1530. The van der Waals surface area contributed by atoms with Crippen LogP contribution in [-0.2, 0) is 9.53 Å². The lowest BCUT2D eigenvalue weighted by molar-refractivity contribution is -0.140. The van der Waals surface area contributed by atoms with Crippen molar-refractivity contribution in [3.63, 3.8) is 0 Å². The van der Waals surface area contributed by atoms with E-state index in [0.29, 0.717) is 15.6 Å². The molecule has 1 aromatic heterocycles. The van der Waals surface area contributed by atoms with E-state index in [4.69, 9.17) is 39.5 Å². The number of nitrogens with zero attached hydrogens (tertiary/aromatic N) is 2. The second-order valence-electron chi connectivity index (χ2n) is 7.28. The molecule has 1 aliphatic heterocycles. The highest BCUT2D eigenvalue weighted by molar-refractivity contribution is 7.07. The van der Waals surface area contributed by atoms with Crippen LogP contribution < -0.4 is 14.9 Å². The SMILES string of the molecule is CCOC(=O)C1=C(C(F)(F)F)N=c2s/c(=C\c3ccc(Cl)cc3Cl)c(=O)n2[C@@H]1c1ccc(Cl)cc1. The topological polar surface area (TPSA) is 60.7 Å². The highest BCUT2D eigenvalue weighted by Crippen LogP contribution is 2.38. The van der Waals surface area contributed by atoms with Crippen molar-refractivity contribution in [2.45, 2.75) is 19.1 Å². The fraction of sp³-hybridized carbons (Fsp3) is 0.174. The van der Waals surface area contributed by atoms with E-state index in [9.17, 15) is 22.8 Å². The zero-order chi connectivity index (χ0) is 25.5. The second kappa shape index (κ2) is 9.81. The van der Waals surface area contributed by atoms with Crippen molar-refractivity contribution in [1.82, 2.24) is 4.57 Å². The van der Waals surface area contributed by atoms with Crippen molar-refractivity contribution in [2.75, 3.05) is 6.61 Å². The predicted octanol–water partition coefficient (Wildman–Crippen LogP) is 5.30. The molecule has 0 aliphatic carbocycles. The maximum atomic E-state index is 14.1. The number of fused-ring (bicyclic) bond motifs is 1. The summed E-state index contributed by atoms with van der Waals surface area (Å²) in [5.74, 6) is -1.22. The fourth-order valence-electron chi connectivity index (χ4n) is 3.56. The summed E-state index contributed by atoms with van der Waals surface area (Å²) in [6.07, 6.45) is -3.55. The van der Waals surface area contributed by atoms with Crippen LogP contribution in [-0.4, -0.2) is 23.3 Å². The van der Waals surface area contributed by atoms with Gasteiger partial charge >= 0.3 is 12.1 Å². The number of hydrogen-bond acceptors (Lipinski definition) is 5. The Balaban J connectivity index is 2.05. The molecule has 0 saturated carbocycles. The minimum Gasteiger partial charge on any atom is -0.463 e. The van der Waals surface area contributed by atoms with Gasteiger partial charge < -0.3 is 4.74 Å². The highest BCUT2D eigenvalue weighted by Gasteiger charge is 2.45. The summed E-state index contributed by atoms with van der Waals surface area (Å²) < 4.78 is 48.3. The summed E-state index contributed by atoms with van der Waals surface area (Å²) in [7, 11) is 0. The number of carbonyl (C=O) groups excluding carboxylic acids is 1. The Labute approximate surface area is 215 Å². The van der Waals surface area contributed by atoms with Crippen LogP contribution in [0.3, 0.4) is 0 Å². The number of benzene rings is 2. The van der Waals surface area contributed by atoms with Gasteiger partial charge in [-0.25, -0.2) is 9.79 Å². The van der Waals surface area contributed by atoms with E-state index >= 15 is 0 Å². The molecule has 2 heterocycles. The molecule has 1 aliphatic rings. The predicted molar refractivity (Wildman–Crippen MR) is 129 cm³/mol. The molecule has 3 aromatic rings. The zero-order valence-corrected chi connectivity index (χ0v) is 20.8. The zero-order valence-electron chi connectivity index (χ0n) is 17.7. The van der Waals surface area contributed by atoms with E-state index < -0.39 is 35.0 Å². The number of esters is 1. The number of allylic oxidation sites excluding steroid dienone is 1. The van der Waals surface area contributed by atoms with Crippen molar-refractivity contribution in [1.29, 1.82) is 0 Å². The van der Waals surface area contributed by atoms with Crippen molar-refractivity contribution in [3.8, 4) is 0 Å². The first-order valence-corrected chi connectivity index (χ1v) is 12.0. The van der Waals surface area contributed by atoms with E-state index in [1.807, 2.05) is 0 Å². The largest absolute Gasteiger partial charge is 0.463 e. The first-order chi connectivity index (χ1) is 16.5. The van der Waals surface area contributed by atoms with Gasteiger partial charge in [-0.1, -0.05) is 64.3 Å². The summed E-state index contributed by atoms with van der Waals surface area (Å²) in [5.41, 5.74) is -2.20. The van der Waals surface area contributed by atoms with Gasteiger partial charge in [-0.2, -0.15) is 13.2 Å². The lowest BCUT2D eigenvalue weighted by Crippen LogP contribution is -2.41. The van der Waals surface area contributed by atoms with Crippen molar-refractivity contribution < 1.29 is 22.7 Å². The highest BCUT2D eigenvalue weighted by atomic mass is 35.5. The second-order valence-corrected chi connectivity index (χ2v) is 9.57. The van der Waals surface area contributed by atoms with Crippen LogP contribution in [0.1, 0.15) is 24.1 Å². The summed E-state index contributed by atoms with van der Waals surface area (Å²) in [5, 5.41) is 0.960. The minimum absolute atomic E-state index is 0.0681. The van der Waals surface area contributed by atoms with Gasteiger partial charge in [0, 0.05) is 15.1 Å². The van der Waals surface area contributed by atoms with Gasteiger partial charge in [-0.15, -0.1) is 0 Å². The van der Waals surface area contributed by atoms with Gasteiger partial charge in [0.05, 0.1) is 22.8 Å². The molecule has 0 N–H and O–H groups in total. The summed E-state index contributed by atoms with van der Waals surface area (Å²) in [6, 6.07) is 8.97. The summed E-state index contributed by atoms with van der Waals surface area (Å²) >= 11 is 18.8. The number of hydrogen-bond donors (Lipinski definition) is 0.